The van der Waals surface area contributed by atoms with Crippen molar-refractivity contribution in [3.05, 3.63) is 21.8 Å². The molecule has 1 amide bonds. The van der Waals surface area contributed by atoms with Crippen LogP contribution in [-0.2, 0) is 14.3 Å². The van der Waals surface area contributed by atoms with E-state index in [1.54, 1.807) is 67.8 Å². The number of carboxylic acids is 2. The number of carbonyl (C=O) groups is 4. The molecule has 8 nitrogen and oxygen atoms in total. The van der Waals surface area contributed by atoms with Gasteiger partial charge in [0.15, 0.2) is 6.10 Å². The summed E-state index contributed by atoms with van der Waals surface area (Å²) < 4.78 is 5.18. The Morgan fingerprint density at radius 2 is 1.38 bits per heavy atom. The number of aromatic carboxylic acids is 2. The highest BCUT2D eigenvalue weighted by atomic mass is 127. The molecule has 0 aliphatic rings. The summed E-state index contributed by atoms with van der Waals surface area (Å²) in [6.07, 6.45) is -1.12. The van der Waals surface area contributed by atoms with E-state index in [9.17, 15) is 29.4 Å². The summed E-state index contributed by atoms with van der Waals surface area (Å²) in [5.41, 5.74) is -0.385. The third-order valence-corrected chi connectivity index (χ3v) is 5.94. The van der Waals surface area contributed by atoms with Crippen LogP contribution in [0.5, 0.6) is 0 Å². The number of rotatable bonds is 5. The van der Waals surface area contributed by atoms with Crippen molar-refractivity contribution in [1.82, 2.24) is 0 Å². The van der Waals surface area contributed by atoms with Crippen molar-refractivity contribution in [3.63, 3.8) is 0 Å². The van der Waals surface area contributed by atoms with E-state index in [1.165, 1.54) is 6.92 Å². The first kappa shape index (κ1) is 21.3. The fourth-order valence-electron chi connectivity index (χ4n) is 1.68. The van der Waals surface area contributed by atoms with Gasteiger partial charge >= 0.3 is 17.9 Å². The highest BCUT2D eigenvalue weighted by molar-refractivity contribution is 14.1. The highest BCUT2D eigenvalue weighted by Gasteiger charge is 2.29. The Kier molecular flexibility index (Phi) is 7.64. The lowest BCUT2D eigenvalue weighted by Gasteiger charge is -2.18. The summed E-state index contributed by atoms with van der Waals surface area (Å²) in [7, 11) is 0. The van der Waals surface area contributed by atoms with E-state index in [-0.39, 0.29) is 27.5 Å². The van der Waals surface area contributed by atoms with E-state index in [0.29, 0.717) is 0 Å². The van der Waals surface area contributed by atoms with Crippen molar-refractivity contribution < 1.29 is 34.1 Å². The number of benzene rings is 1. The molecule has 0 aromatic heterocycles. The minimum Gasteiger partial charge on any atom is -0.478 e. The number of ether oxygens (including phenoxy) is 1. The van der Waals surface area contributed by atoms with Crippen LogP contribution in [0.15, 0.2) is 0 Å². The summed E-state index contributed by atoms with van der Waals surface area (Å²) in [6.45, 7) is 2.49. The molecule has 0 saturated heterocycles. The maximum atomic E-state index is 12.1. The fourth-order valence-corrected chi connectivity index (χ4v) is 6.04. The number of anilines is 1. The number of amides is 1. The molecule has 0 aliphatic heterocycles. The molecule has 0 radical (unpaired) electrons. The van der Waals surface area contributed by atoms with Crippen LogP contribution in [0.25, 0.3) is 0 Å². The Bertz CT molecular complexity index is 707. The molecule has 3 N–H and O–H groups in total. The van der Waals surface area contributed by atoms with Crippen LogP contribution in [0, 0.1) is 10.7 Å². The second-order valence-corrected chi connectivity index (χ2v) is 7.65. The van der Waals surface area contributed by atoms with Gasteiger partial charge in [-0.15, -0.1) is 0 Å². The second kappa shape index (κ2) is 8.59. The van der Waals surface area contributed by atoms with Crippen LogP contribution in [0.3, 0.4) is 0 Å². The lowest BCUT2D eigenvalue weighted by molar-refractivity contribution is -0.150. The molecule has 1 aromatic rings. The zero-order valence-corrected chi connectivity index (χ0v) is 18.6. The first-order chi connectivity index (χ1) is 11.0. The first-order valence-electron chi connectivity index (χ1n) is 6.14. The van der Waals surface area contributed by atoms with Gasteiger partial charge in [-0.05, 0) is 74.7 Å². The van der Waals surface area contributed by atoms with Crippen LogP contribution in [0.2, 0.25) is 0 Å². The van der Waals surface area contributed by atoms with Crippen molar-refractivity contribution in [3.8, 4) is 0 Å². The van der Waals surface area contributed by atoms with Crippen LogP contribution < -0.4 is 5.32 Å². The minimum absolute atomic E-state index is 0.0513. The van der Waals surface area contributed by atoms with Gasteiger partial charge in [0.2, 0.25) is 0 Å². The molecule has 0 heterocycles. The average molecular weight is 673 g/mol. The predicted molar refractivity (Wildman–Crippen MR) is 108 cm³/mol. The fraction of sp³-hybridized carbons (Fsp3) is 0.231. The third-order valence-electron chi connectivity index (χ3n) is 2.70. The molecule has 0 fully saturated rings. The highest BCUT2D eigenvalue weighted by Crippen LogP contribution is 2.35. The Morgan fingerprint density at radius 1 is 0.958 bits per heavy atom. The first-order valence-corrected chi connectivity index (χ1v) is 9.37. The molecule has 1 atom stereocenters. The largest absolute Gasteiger partial charge is 0.478 e. The van der Waals surface area contributed by atoms with Gasteiger partial charge < -0.3 is 20.3 Å². The third kappa shape index (κ3) is 4.68. The van der Waals surface area contributed by atoms with Crippen LogP contribution in [0.4, 0.5) is 5.69 Å². The quantitative estimate of drug-likeness (QED) is 0.324. The smallest absolute Gasteiger partial charge is 0.337 e. The molecular formula is C13H10I3NO7. The molecule has 0 bridgehead atoms. The van der Waals surface area contributed by atoms with E-state index in [0.717, 1.165) is 6.92 Å². The van der Waals surface area contributed by atoms with Crippen molar-refractivity contribution in [2.75, 3.05) is 5.32 Å². The zero-order valence-electron chi connectivity index (χ0n) is 12.1. The van der Waals surface area contributed by atoms with Crippen molar-refractivity contribution in [2.24, 2.45) is 0 Å². The van der Waals surface area contributed by atoms with Gasteiger partial charge in [-0.25, -0.2) is 9.59 Å². The number of carboxylic acid groups (broad SMARTS) is 2. The number of hydrogen-bond donors (Lipinski definition) is 3. The lowest BCUT2D eigenvalue weighted by atomic mass is 10.1. The van der Waals surface area contributed by atoms with Crippen molar-refractivity contribution in [2.45, 2.75) is 20.0 Å². The minimum atomic E-state index is -1.31. The van der Waals surface area contributed by atoms with E-state index >= 15 is 0 Å². The Labute approximate surface area is 177 Å². The second-order valence-electron chi connectivity index (χ2n) is 4.42. The number of halogens is 3. The average Bonchev–Trinajstić information content (AvgIpc) is 2.41. The summed E-state index contributed by atoms with van der Waals surface area (Å²) >= 11 is 5.10. The number of hydrogen-bond acceptors (Lipinski definition) is 5. The molecule has 11 heteroatoms. The summed E-state index contributed by atoms with van der Waals surface area (Å²) in [6, 6.07) is 0. The molecular weight excluding hydrogens is 663 g/mol. The maximum absolute atomic E-state index is 12.1. The SMILES string of the molecule is CC(=O)O[C@@H](C)C(=O)Nc1c(I)c(C(=O)O)c(I)c(C(=O)O)c1I. The van der Waals surface area contributed by atoms with Gasteiger partial charge in [0.25, 0.3) is 5.91 Å². The van der Waals surface area contributed by atoms with Crippen molar-refractivity contribution >= 4 is 97.3 Å². The zero-order chi connectivity index (χ0) is 18.8. The van der Waals surface area contributed by atoms with Gasteiger partial charge in [-0.3, -0.25) is 9.59 Å². The monoisotopic (exact) mass is 673 g/mol. The van der Waals surface area contributed by atoms with Gasteiger partial charge in [-0.2, -0.15) is 0 Å². The van der Waals surface area contributed by atoms with Gasteiger partial charge in [0, 0.05) is 10.5 Å². The topological polar surface area (TPSA) is 130 Å². The number of carbonyl (C=O) groups excluding carboxylic acids is 2. The van der Waals surface area contributed by atoms with Gasteiger partial charge in [0.1, 0.15) is 0 Å². The lowest BCUT2D eigenvalue weighted by Crippen LogP contribution is -2.30. The normalized spacial score (nSPS) is 11.5. The van der Waals surface area contributed by atoms with Crippen molar-refractivity contribution in [1.29, 1.82) is 0 Å². The van der Waals surface area contributed by atoms with Gasteiger partial charge in [0.05, 0.1) is 24.0 Å². The van der Waals surface area contributed by atoms with Crippen LogP contribution >= 0.6 is 67.8 Å². The van der Waals surface area contributed by atoms with E-state index in [2.05, 4.69) is 5.32 Å². The Balaban J connectivity index is 3.48. The molecule has 0 spiro atoms. The molecule has 130 valence electrons. The Hall–Kier alpha value is -0.710. The number of nitrogens with one attached hydrogen (secondary N) is 1. The summed E-state index contributed by atoms with van der Waals surface area (Å²) in [4.78, 5) is 45.9. The molecule has 0 unspecified atom stereocenters. The maximum Gasteiger partial charge on any atom is 0.337 e. The van der Waals surface area contributed by atoms with E-state index < -0.39 is 29.9 Å². The standard InChI is InChI=1S/C13H10I3NO7/c1-3(24-4(2)18)11(19)17-10-8(15)5(12(20)21)7(14)6(9(10)16)13(22)23/h3H,1-2H3,(H,17,19)(H,20,21)(H,22,23)/t3-/m0/s1. The van der Waals surface area contributed by atoms with Gasteiger partial charge in [-0.1, -0.05) is 0 Å². The van der Waals surface area contributed by atoms with Crippen LogP contribution in [-0.4, -0.2) is 40.1 Å². The predicted octanol–water partition coefficient (Wildman–Crippen LogP) is 2.79. The Morgan fingerprint density at radius 3 is 1.71 bits per heavy atom. The molecule has 1 aromatic carbocycles. The van der Waals surface area contributed by atoms with E-state index in [4.69, 9.17) is 4.74 Å². The molecule has 0 aliphatic carbocycles. The molecule has 1 rings (SSSR count). The molecule has 0 saturated carbocycles. The summed E-state index contributed by atoms with van der Waals surface area (Å²) in [5.74, 6) is -3.98. The molecule has 24 heavy (non-hydrogen) atoms. The van der Waals surface area contributed by atoms with E-state index in [1.807, 2.05) is 0 Å². The summed E-state index contributed by atoms with van der Waals surface area (Å²) in [5, 5.41) is 21.1. The number of esters is 1. The van der Waals surface area contributed by atoms with Crippen LogP contribution in [0.1, 0.15) is 34.6 Å².